The highest BCUT2D eigenvalue weighted by molar-refractivity contribution is 5.84. The van der Waals surface area contributed by atoms with Crippen LogP contribution in [0, 0.1) is 0 Å². The van der Waals surface area contributed by atoms with E-state index in [0.29, 0.717) is 23.4 Å². The Kier molecular flexibility index (Phi) is 7.29. The molecule has 2 aromatic rings. The monoisotopic (exact) mass is 607 g/mol. The number of hydrogen-bond acceptors (Lipinski definition) is 5. The van der Waals surface area contributed by atoms with E-state index in [4.69, 9.17) is 4.74 Å². The minimum Gasteiger partial charge on any atom is -0.497 e. The van der Waals surface area contributed by atoms with Crippen molar-refractivity contribution in [3.05, 3.63) is 48.5 Å². The van der Waals surface area contributed by atoms with Crippen LogP contribution < -0.4 is 9.47 Å². The van der Waals surface area contributed by atoms with Gasteiger partial charge in [0.2, 0.25) is 0 Å². The van der Waals surface area contributed by atoms with E-state index in [0.717, 1.165) is 12.1 Å². The highest BCUT2D eigenvalue weighted by Crippen LogP contribution is 2.62. The van der Waals surface area contributed by atoms with Crippen LogP contribution in [0.25, 0.3) is 11.1 Å². The lowest BCUT2D eigenvalue weighted by Crippen LogP contribution is -2.82. The summed E-state index contributed by atoms with van der Waals surface area (Å²) in [4.78, 5) is 7.95. The second-order valence-electron chi connectivity index (χ2n) is 7.89. The third kappa shape index (κ3) is 4.57. The minimum absolute atomic E-state index is 0.215. The van der Waals surface area contributed by atoms with Crippen molar-refractivity contribution in [1.29, 1.82) is 0 Å². The maximum Gasteiger partial charge on any atom is 0.441 e. The van der Waals surface area contributed by atoms with E-state index in [1.165, 1.54) is 31.4 Å². The van der Waals surface area contributed by atoms with Crippen molar-refractivity contribution >= 4 is 5.97 Å². The van der Waals surface area contributed by atoms with Crippen LogP contribution in [-0.4, -0.2) is 60.2 Å². The molecule has 1 heterocycles. The van der Waals surface area contributed by atoms with Gasteiger partial charge in [-0.3, -0.25) is 0 Å². The van der Waals surface area contributed by atoms with Crippen LogP contribution in [0.3, 0.4) is 0 Å². The summed E-state index contributed by atoms with van der Waals surface area (Å²) in [7, 11) is 1.34. The Morgan fingerprint density at radius 3 is 1.43 bits per heavy atom. The molecule has 222 valence electrons. The Balaban J connectivity index is 2.05. The molecule has 1 unspecified atom stereocenters. The standard InChI is InChI=1S/C21H11F14NO4/c1-38-12-6-2-10(3-7-12)11-4-8-13(9-5-11)39-14(37)15(22,16(23,24)25)17(26,27)36-18(28,29)20(32,33)40-21(34,35)19(36,30)31/h2-9H,1H3. The van der Waals surface area contributed by atoms with Crippen molar-refractivity contribution in [3.63, 3.8) is 0 Å². The molecule has 1 saturated heterocycles. The molecular weight excluding hydrogens is 596 g/mol. The first-order valence-corrected chi connectivity index (χ1v) is 10.1. The first-order valence-electron chi connectivity index (χ1n) is 10.1. The number of esters is 1. The van der Waals surface area contributed by atoms with Crippen LogP contribution >= 0.6 is 0 Å². The highest BCUT2D eigenvalue weighted by Gasteiger charge is 2.93. The molecule has 19 heteroatoms. The predicted molar refractivity (Wildman–Crippen MR) is 102 cm³/mol. The fraction of sp³-hybridized carbons (Fsp3) is 0.381. The molecule has 0 spiro atoms. The zero-order chi connectivity index (χ0) is 30.7. The van der Waals surface area contributed by atoms with Crippen molar-refractivity contribution in [2.24, 2.45) is 0 Å². The van der Waals surface area contributed by atoms with E-state index >= 15 is 0 Å². The lowest BCUT2D eigenvalue weighted by atomic mass is 9.99. The van der Waals surface area contributed by atoms with Gasteiger partial charge < -0.3 is 9.47 Å². The van der Waals surface area contributed by atoms with Gasteiger partial charge in [-0.2, -0.15) is 57.1 Å². The third-order valence-corrected chi connectivity index (χ3v) is 5.37. The zero-order valence-electron chi connectivity index (χ0n) is 19.0. The van der Waals surface area contributed by atoms with Crippen molar-refractivity contribution in [2.75, 3.05) is 7.11 Å². The summed E-state index contributed by atoms with van der Waals surface area (Å²) in [6, 6.07) is -13.9. The Morgan fingerprint density at radius 1 is 0.700 bits per heavy atom. The second kappa shape index (κ2) is 9.35. The number of methoxy groups -OCH3 is 1. The van der Waals surface area contributed by atoms with Crippen LogP contribution in [0.4, 0.5) is 61.5 Å². The molecule has 1 aliphatic heterocycles. The van der Waals surface area contributed by atoms with Gasteiger partial charge in [-0.05, 0) is 35.4 Å². The maximum absolute atomic E-state index is 14.9. The topological polar surface area (TPSA) is 48.0 Å². The summed E-state index contributed by atoms with van der Waals surface area (Å²) in [5, 5.41) is 0. The normalized spacial score (nSPS) is 21.8. The lowest BCUT2D eigenvalue weighted by molar-refractivity contribution is -0.592. The van der Waals surface area contributed by atoms with Gasteiger partial charge in [-0.1, -0.05) is 24.3 Å². The first-order chi connectivity index (χ1) is 18.0. The fourth-order valence-electron chi connectivity index (χ4n) is 3.31. The van der Waals surface area contributed by atoms with Crippen LogP contribution in [0.5, 0.6) is 11.5 Å². The van der Waals surface area contributed by atoms with Gasteiger partial charge in [-0.25, -0.2) is 13.9 Å². The Hall–Kier alpha value is -3.35. The molecule has 0 bridgehead atoms. The zero-order valence-corrected chi connectivity index (χ0v) is 19.0. The summed E-state index contributed by atoms with van der Waals surface area (Å²) in [6.45, 7) is 0. The molecule has 40 heavy (non-hydrogen) atoms. The number of hydrogen-bond donors (Lipinski definition) is 0. The van der Waals surface area contributed by atoms with Gasteiger partial charge in [0.25, 0.3) is 0 Å². The molecule has 0 saturated carbocycles. The fourth-order valence-corrected chi connectivity index (χ4v) is 3.31. The van der Waals surface area contributed by atoms with E-state index in [9.17, 15) is 66.3 Å². The summed E-state index contributed by atoms with van der Waals surface area (Å²) in [5.41, 5.74) is -6.75. The number of carbonyl (C=O) groups is 1. The Morgan fingerprint density at radius 2 is 1.07 bits per heavy atom. The van der Waals surface area contributed by atoms with E-state index < -0.39 is 58.8 Å². The van der Waals surface area contributed by atoms with Gasteiger partial charge >= 0.3 is 48.2 Å². The summed E-state index contributed by atoms with van der Waals surface area (Å²) >= 11 is 0. The quantitative estimate of drug-likeness (QED) is 0.156. The van der Waals surface area contributed by atoms with Crippen LogP contribution in [-0.2, 0) is 9.53 Å². The highest BCUT2D eigenvalue weighted by atomic mass is 19.4. The molecule has 0 N–H and O–H groups in total. The molecule has 0 aliphatic carbocycles. The van der Waals surface area contributed by atoms with Crippen LogP contribution in [0.1, 0.15) is 0 Å². The molecule has 0 aromatic heterocycles. The van der Waals surface area contributed by atoms with Crippen molar-refractivity contribution in [2.45, 2.75) is 42.2 Å². The smallest absolute Gasteiger partial charge is 0.441 e. The summed E-state index contributed by atoms with van der Waals surface area (Å²) in [5.74, 6) is -4.75. The third-order valence-electron chi connectivity index (χ3n) is 5.37. The van der Waals surface area contributed by atoms with E-state index in [-0.39, 0.29) is 5.56 Å². The molecule has 1 aliphatic rings. The van der Waals surface area contributed by atoms with E-state index in [1.807, 2.05) is 4.74 Å². The molecule has 1 atom stereocenters. The minimum atomic E-state index is -7.88. The number of alkyl halides is 14. The van der Waals surface area contributed by atoms with E-state index in [1.54, 1.807) is 0 Å². The van der Waals surface area contributed by atoms with E-state index in [2.05, 4.69) is 4.74 Å². The molecule has 2 aromatic carbocycles. The largest absolute Gasteiger partial charge is 0.497 e. The number of ether oxygens (including phenoxy) is 3. The number of morpholine rings is 1. The number of nitrogens with zero attached hydrogens (tertiary/aromatic N) is 1. The average molecular weight is 607 g/mol. The lowest BCUT2D eigenvalue weighted by Gasteiger charge is -2.51. The van der Waals surface area contributed by atoms with Gasteiger partial charge in [0.05, 0.1) is 7.11 Å². The van der Waals surface area contributed by atoms with Crippen molar-refractivity contribution in [3.8, 4) is 22.6 Å². The summed E-state index contributed by atoms with van der Waals surface area (Å²) < 4.78 is 204. The molecular formula is C21H11F14NO4. The molecule has 0 amide bonds. The molecule has 0 radical (unpaired) electrons. The number of halogens is 14. The van der Waals surface area contributed by atoms with Crippen molar-refractivity contribution in [1.82, 2.24) is 4.90 Å². The van der Waals surface area contributed by atoms with Crippen LogP contribution in [0.15, 0.2) is 48.5 Å². The number of benzene rings is 2. The SMILES string of the molecule is COc1ccc(-c2ccc(OC(=O)C(F)(C(F)(F)F)C(F)(F)N3C(F)(F)C(F)(F)OC(F)(F)C3(F)F)cc2)cc1. The van der Waals surface area contributed by atoms with Crippen molar-refractivity contribution < 1.29 is 80.5 Å². The van der Waals surface area contributed by atoms with Crippen LogP contribution in [0.2, 0.25) is 0 Å². The van der Waals surface area contributed by atoms with Gasteiger partial charge in [0.1, 0.15) is 11.5 Å². The number of carbonyl (C=O) groups excluding carboxylic acids is 1. The second-order valence-corrected chi connectivity index (χ2v) is 7.89. The maximum atomic E-state index is 14.9. The molecule has 1 fully saturated rings. The van der Waals surface area contributed by atoms with Gasteiger partial charge in [-0.15, -0.1) is 4.90 Å². The molecule has 3 rings (SSSR count). The predicted octanol–water partition coefficient (Wildman–Crippen LogP) is 6.83. The Labute approximate surface area is 212 Å². The molecule has 5 nitrogen and oxygen atoms in total. The number of rotatable bonds is 6. The van der Waals surface area contributed by atoms with Gasteiger partial charge in [0.15, 0.2) is 0 Å². The summed E-state index contributed by atoms with van der Waals surface area (Å²) in [6.07, 6.45) is -21.6. The van der Waals surface area contributed by atoms with Gasteiger partial charge in [0, 0.05) is 0 Å². The Bertz CT molecular complexity index is 1220. The first kappa shape index (κ1) is 31.2. The average Bonchev–Trinajstić information content (AvgIpc) is 2.81.